The van der Waals surface area contributed by atoms with Gasteiger partial charge in [-0.25, -0.2) is 13.7 Å². The zero-order chi connectivity index (χ0) is 39.9. The van der Waals surface area contributed by atoms with Crippen LogP contribution in [0.4, 0.5) is 0 Å². The largest absolute Gasteiger partial charge is 0.497 e. The van der Waals surface area contributed by atoms with Crippen LogP contribution in [-0.4, -0.2) is 39.5 Å². The van der Waals surface area contributed by atoms with Gasteiger partial charge < -0.3 is 18.9 Å². The Bertz CT molecular complexity index is 2540. The molecule has 0 saturated carbocycles. The number of methoxy groups -OCH3 is 1. The van der Waals surface area contributed by atoms with Crippen LogP contribution in [0.3, 0.4) is 0 Å². The molecule has 56 heavy (non-hydrogen) atoms. The fourth-order valence-electron chi connectivity index (χ4n) is 5.26. The first-order chi connectivity index (χ1) is 26.8. The lowest BCUT2D eigenvalue weighted by atomic mass is 10.0. The summed E-state index contributed by atoms with van der Waals surface area (Å²) in [6.45, 7) is 1.80. The molecule has 0 bridgehead atoms. The van der Waals surface area contributed by atoms with E-state index in [1.807, 2.05) is 6.92 Å². The third kappa shape index (κ3) is 9.74. The van der Waals surface area contributed by atoms with Crippen molar-refractivity contribution in [2.75, 3.05) is 7.11 Å². The number of hydrogen-bond acceptors (Lipinski definition) is 13. The molecule has 13 nitrogen and oxygen atoms in total. The molecular weight excluding hydrogens is 785 g/mol. The molecule has 6 aromatic rings. The Balaban J connectivity index is 1.16. The summed E-state index contributed by atoms with van der Waals surface area (Å²) < 4.78 is 88.2. The van der Waals surface area contributed by atoms with Gasteiger partial charge in [0, 0.05) is 21.6 Å². The Morgan fingerprint density at radius 3 is 1.73 bits per heavy atom. The molecule has 0 aliphatic carbocycles. The van der Waals surface area contributed by atoms with Gasteiger partial charge in [0.15, 0.2) is 5.78 Å². The van der Waals surface area contributed by atoms with Gasteiger partial charge in [-0.3, -0.25) is 9.35 Å². The second kappa shape index (κ2) is 17.4. The number of carbonyl (C=O) groups is 1. The molecule has 0 saturated heterocycles. The van der Waals surface area contributed by atoms with Crippen LogP contribution in [-0.2, 0) is 35.9 Å². The van der Waals surface area contributed by atoms with Crippen molar-refractivity contribution in [1.29, 1.82) is 0 Å². The number of carbonyl (C=O) groups excluding carboxylic acids is 1. The van der Waals surface area contributed by atoms with E-state index in [4.69, 9.17) is 24.2 Å². The standard InChI is InChI=1S/C40H32O13S3/c1-26-3-18-35(19-4-26)55(43,44)36-20-16-31(17-21-36)49-25-29-6-5-27(23-38(29)54-53-52-42)40(41)28-7-22-37(39(24-28)56(45,46)47)51-34-14-12-33(13-15-34)50-32-10-8-30(48-2)9-11-32/h3-24,42H,25H2,1-2H3,(H,45,46,47). The highest BCUT2D eigenvalue weighted by molar-refractivity contribution is 7.94. The lowest BCUT2D eigenvalue weighted by Gasteiger charge is -2.13. The minimum Gasteiger partial charge on any atom is -0.497 e. The summed E-state index contributed by atoms with van der Waals surface area (Å²) in [7, 11) is -7.04. The first-order valence-corrected chi connectivity index (χ1v) is 20.1. The zero-order valence-corrected chi connectivity index (χ0v) is 32.0. The van der Waals surface area contributed by atoms with E-state index in [1.54, 1.807) is 86.0 Å². The van der Waals surface area contributed by atoms with E-state index < -0.39 is 30.6 Å². The summed E-state index contributed by atoms with van der Waals surface area (Å²) in [5.41, 5.74) is 1.42. The SMILES string of the molecule is COc1ccc(Oc2ccc(Oc3ccc(C(=O)c4ccc(COc5ccc(S(=O)(=O)c6ccc(C)cc6)cc5)c(SOOO)c4)cc3S(=O)(=O)O)cc2)cc1. The van der Waals surface area contributed by atoms with Crippen molar-refractivity contribution in [2.24, 2.45) is 0 Å². The smallest absolute Gasteiger partial charge is 0.298 e. The molecule has 0 unspecified atom stereocenters. The molecule has 0 atom stereocenters. The van der Waals surface area contributed by atoms with Gasteiger partial charge in [-0.1, -0.05) is 34.9 Å². The number of rotatable bonds is 16. The van der Waals surface area contributed by atoms with E-state index >= 15 is 0 Å². The summed E-state index contributed by atoms with van der Waals surface area (Å²) in [5, 5.41) is 12.6. The average Bonchev–Trinajstić information content (AvgIpc) is 3.20. The van der Waals surface area contributed by atoms with Crippen LogP contribution in [0.2, 0.25) is 0 Å². The Morgan fingerprint density at radius 2 is 1.16 bits per heavy atom. The van der Waals surface area contributed by atoms with E-state index in [0.717, 1.165) is 11.6 Å². The van der Waals surface area contributed by atoms with E-state index in [-0.39, 0.29) is 43.9 Å². The van der Waals surface area contributed by atoms with Crippen molar-refractivity contribution in [3.63, 3.8) is 0 Å². The number of benzene rings is 6. The molecule has 0 fully saturated rings. The van der Waals surface area contributed by atoms with E-state index in [1.165, 1.54) is 48.5 Å². The topological polar surface area (TPSA) is 181 Å². The Hall–Kier alpha value is -5.72. The third-order valence-electron chi connectivity index (χ3n) is 8.17. The summed E-state index contributed by atoms with van der Waals surface area (Å²) >= 11 is 0.573. The maximum Gasteiger partial charge on any atom is 0.298 e. The van der Waals surface area contributed by atoms with Crippen molar-refractivity contribution in [3.8, 4) is 34.5 Å². The molecule has 16 heteroatoms. The predicted octanol–water partition coefficient (Wildman–Crippen LogP) is 8.91. The number of aryl methyl sites for hydroxylation is 1. The number of sulfone groups is 1. The summed E-state index contributed by atoms with van der Waals surface area (Å²) in [6.07, 6.45) is 0. The molecule has 0 amide bonds. The van der Waals surface area contributed by atoms with E-state index in [2.05, 4.69) is 9.37 Å². The maximum atomic E-state index is 13.6. The van der Waals surface area contributed by atoms with Gasteiger partial charge in [0.05, 0.1) is 28.9 Å². The molecule has 0 heterocycles. The van der Waals surface area contributed by atoms with Crippen molar-refractivity contribution in [2.45, 2.75) is 33.1 Å². The van der Waals surface area contributed by atoms with Crippen molar-refractivity contribution < 1.29 is 59.8 Å². The predicted molar refractivity (Wildman–Crippen MR) is 204 cm³/mol. The highest BCUT2D eigenvalue weighted by Crippen LogP contribution is 2.34. The molecule has 0 aliphatic heterocycles. The van der Waals surface area contributed by atoms with Crippen molar-refractivity contribution >= 4 is 37.8 Å². The van der Waals surface area contributed by atoms with Crippen molar-refractivity contribution in [1.82, 2.24) is 0 Å². The Morgan fingerprint density at radius 1 is 0.643 bits per heavy atom. The zero-order valence-electron chi connectivity index (χ0n) is 29.5. The third-order valence-corrected chi connectivity index (χ3v) is 11.5. The van der Waals surface area contributed by atoms with Crippen LogP contribution in [0, 0.1) is 6.92 Å². The van der Waals surface area contributed by atoms with Gasteiger partial charge in [-0.05, 0) is 116 Å². The molecule has 0 radical (unpaired) electrons. The number of ketones is 1. The molecule has 6 aromatic carbocycles. The summed E-state index contributed by atoms with van der Waals surface area (Å²) in [6, 6.07) is 33.7. The van der Waals surface area contributed by atoms with Gasteiger partial charge in [0.25, 0.3) is 10.1 Å². The highest BCUT2D eigenvalue weighted by atomic mass is 32.2. The monoisotopic (exact) mass is 816 g/mol. The van der Waals surface area contributed by atoms with Gasteiger partial charge in [0.2, 0.25) is 9.84 Å². The summed E-state index contributed by atoms with van der Waals surface area (Å²) in [5.74, 6) is 1.44. The number of hydrogen-bond donors (Lipinski definition) is 2. The molecule has 2 N–H and O–H groups in total. The second-order valence-electron chi connectivity index (χ2n) is 11.9. The van der Waals surface area contributed by atoms with Crippen LogP contribution in [0.5, 0.6) is 34.5 Å². The van der Waals surface area contributed by atoms with Crippen LogP contribution in [0.15, 0.2) is 153 Å². The lowest BCUT2D eigenvalue weighted by Crippen LogP contribution is -2.07. The van der Waals surface area contributed by atoms with Gasteiger partial charge >= 0.3 is 0 Å². The fourth-order valence-corrected chi connectivity index (χ4v) is 7.67. The molecule has 0 aliphatic rings. The van der Waals surface area contributed by atoms with Crippen LogP contribution >= 0.6 is 12.0 Å². The molecule has 0 spiro atoms. The molecule has 6 rings (SSSR count). The Labute approximate surface area is 326 Å². The van der Waals surface area contributed by atoms with Crippen LogP contribution in [0.25, 0.3) is 0 Å². The fraction of sp³-hybridized carbons (Fsp3) is 0.0750. The minimum absolute atomic E-state index is 0.0663. The first-order valence-electron chi connectivity index (χ1n) is 16.4. The molecule has 288 valence electrons. The lowest BCUT2D eigenvalue weighted by molar-refractivity contribution is -0.432. The second-order valence-corrected chi connectivity index (χ2v) is 16.0. The van der Waals surface area contributed by atoms with Crippen LogP contribution < -0.4 is 18.9 Å². The quantitative estimate of drug-likeness (QED) is 0.0311. The van der Waals surface area contributed by atoms with Crippen molar-refractivity contribution in [3.05, 3.63) is 156 Å². The average molecular weight is 817 g/mol. The van der Waals surface area contributed by atoms with Gasteiger partial charge in [-0.2, -0.15) is 8.42 Å². The number of ether oxygens (including phenoxy) is 4. The van der Waals surface area contributed by atoms with Gasteiger partial charge in [-0.15, -0.1) is 4.33 Å². The molecule has 0 aromatic heterocycles. The van der Waals surface area contributed by atoms with Crippen LogP contribution in [0.1, 0.15) is 27.0 Å². The van der Waals surface area contributed by atoms with Gasteiger partial charge in [0.1, 0.15) is 46.0 Å². The highest BCUT2D eigenvalue weighted by Gasteiger charge is 2.22. The molecular formula is C40H32O13S3. The summed E-state index contributed by atoms with van der Waals surface area (Å²) in [4.78, 5) is 13.5. The van der Waals surface area contributed by atoms with E-state index in [0.29, 0.717) is 40.6 Å². The minimum atomic E-state index is -4.86. The normalized spacial score (nSPS) is 11.5. The van der Waals surface area contributed by atoms with E-state index in [9.17, 15) is 26.2 Å². The Kier molecular flexibility index (Phi) is 12.4. The first kappa shape index (κ1) is 40.0. The maximum absolute atomic E-state index is 13.6.